The van der Waals surface area contributed by atoms with Crippen molar-refractivity contribution in [3.05, 3.63) is 24.4 Å². The summed E-state index contributed by atoms with van der Waals surface area (Å²) in [4.78, 5) is 12.5. The minimum absolute atomic E-state index is 0.0255. The van der Waals surface area contributed by atoms with E-state index >= 15 is 0 Å². The van der Waals surface area contributed by atoms with Crippen LogP contribution < -0.4 is 0 Å². The maximum atomic E-state index is 10.4. The Morgan fingerprint density at radius 3 is 2.92 bits per heavy atom. The molecule has 0 bridgehead atoms. The van der Waals surface area contributed by atoms with Crippen molar-refractivity contribution in [2.45, 2.75) is 19.4 Å². The van der Waals surface area contributed by atoms with E-state index in [4.69, 9.17) is 5.11 Å². The standard InChI is InChI=1S/C9H13NO2/c1-2-10-6-4-3-5-8(10)7-9(11)12/h3-6,8H,2,7H2,1H3,(H,11,12). The third kappa shape index (κ3) is 2.12. The van der Waals surface area contributed by atoms with Crippen molar-refractivity contribution in [1.29, 1.82) is 0 Å². The van der Waals surface area contributed by atoms with Crippen LogP contribution in [0.4, 0.5) is 0 Å². The highest BCUT2D eigenvalue weighted by Crippen LogP contribution is 2.10. The fourth-order valence-electron chi connectivity index (χ4n) is 1.28. The van der Waals surface area contributed by atoms with Crippen LogP contribution in [0.3, 0.4) is 0 Å². The maximum absolute atomic E-state index is 10.4. The second-order valence-corrected chi connectivity index (χ2v) is 2.72. The molecule has 12 heavy (non-hydrogen) atoms. The smallest absolute Gasteiger partial charge is 0.305 e. The Labute approximate surface area is 72.0 Å². The van der Waals surface area contributed by atoms with E-state index in [2.05, 4.69) is 0 Å². The van der Waals surface area contributed by atoms with E-state index in [0.717, 1.165) is 6.54 Å². The van der Waals surface area contributed by atoms with Gasteiger partial charge in [0, 0.05) is 6.54 Å². The van der Waals surface area contributed by atoms with E-state index in [9.17, 15) is 4.79 Å². The fourth-order valence-corrected chi connectivity index (χ4v) is 1.28. The first kappa shape index (κ1) is 8.84. The summed E-state index contributed by atoms with van der Waals surface area (Å²) < 4.78 is 0. The Kier molecular flexibility index (Phi) is 2.91. The molecule has 0 amide bonds. The molecule has 0 radical (unpaired) electrons. The Bertz CT molecular complexity index is 221. The molecule has 1 heterocycles. The molecule has 0 fully saturated rings. The lowest BCUT2D eigenvalue weighted by atomic mass is 10.1. The monoisotopic (exact) mass is 167 g/mol. The maximum Gasteiger partial charge on any atom is 0.305 e. The molecule has 0 saturated heterocycles. The van der Waals surface area contributed by atoms with Crippen LogP contribution in [0, 0.1) is 0 Å². The summed E-state index contributed by atoms with van der Waals surface area (Å²) in [5.41, 5.74) is 0. The molecule has 1 unspecified atom stereocenters. The average Bonchev–Trinajstić information content (AvgIpc) is 2.04. The van der Waals surface area contributed by atoms with Gasteiger partial charge in [-0.3, -0.25) is 4.79 Å². The van der Waals surface area contributed by atoms with Crippen molar-refractivity contribution in [3.63, 3.8) is 0 Å². The minimum Gasteiger partial charge on any atom is -0.481 e. The van der Waals surface area contributed by atoms with Gasteiger partial charge in [0.2, 0.25) is 0 Å². The number of carboxylic acid groups (broad SMARTS) is 1. The van der Waals surface area contributed by atoms with Gasteiger partial charge in [-0.05, 0) is 19.2 Å². The lowest BCUT2D eigenvalue weighted by molar-refractivity contribution is -0.137. The molecule has 66 valence electrons. The van der Waals surface area contributed by atoms with Crippen molar-refractivity contribution < 1.29 is 9.90 Å². The van der Waals surface area contributed by atoms with Crippen LogP contribution >= 0.6 is 0 Å². The van der Waals surface area contributed by atoms with Crippen LogP contribution in [0.1, 0.15) is 13.3 Å². The number of likely N-dealkylation sites (N-methyl/N-ethyl adjacent to an activating group) is 1. The van der Waals surface area contributed by atoms with E-state index < -0.39 is 5.97 Å². The molecule has 3 nitrogen and oxygen atoms in total. The minimum atomic E-state index is -0.751. The van der Waals surface area contributed by atoms with Crippen molar-refractivity contribution in [3.8, 4) is 0 Å². The Morgan fingerprint density at radius 1 is 1.58 bits per heavy atom. The van der Waals surface area contributed by atoms with Gasteiger partial charge < -0.3 is 10.0 Å². The Balaban J connectivity index is 2.56. The summed E-state index contributed by atoms with van der Waals surface area (Å²) in [6, 6.07) is 0.0255. The topological polar surface area (TPSA) is 40.5 Å². The number of hydrogen-bond acceptors (Lipinski definition) is 2. The first-order valence-corrected chi connectivity index (χ1v) is 4.06. The van der Waals surface area contributed by atoms with Crippen LogP contribution in [0.25, 0.3) is 0 Å². The molecular weight excluding hydrogens is 154 g/mol. The second-order valence-electron chi connectivity index (χ2n) is 2.72. The normalized spacial score (nSPS) is 21.4. The fraction of sp³-hybridized carbons (Fsp3) is 0.444. The molecule has 0 spiro atoms. The summed E-state index contributed by atoms with van der Waals surface area (Å²) in [5.74, 6) is -0.751. The SMILES string of the molecule is CCN1C=CC=CC1CC(=O)O. The Morgan fingerprint density at radius 2 is 2.33 bits per heavy atom. The highest BCUT2D eigenvalue weighted by atomic mass is 16.4. The summed E-state index contributed by atoms with van der Waals surface area (Å²) in [6.07, 6.45) is 7.82. The number of allylic oxidation sites excluding steroid dienone is 2. The number of carboxylic acids is 1. The lowest BCUT2D eigenvalue weighted by Gasteiger charge is -2.27. The number of aliphatic carboxylic acids is 1. The molecule has 1 aliphatic heterocycles. The zero-order valence-electron chi connectivity index (χ0n) is 7.10. The highest BCUT2D eigenvalue weighted by Gasteiger charge is 2.15. The van der Waals surface area contributed by atoms with Crippen LogP contribution in [0.2, 0.25) is 0 Å². The zero-order chi connectivity index (χ0) is 8.97. The van der Waals surface area contributed by atoms with Gasteiger partial charge in [-0.2, -0.15) is 0 Å². The van der Waals surface area contributed by atoms with Crippen LogP contribution in [-0.4, -0.2) is 28.6 Å². The molecular formula is C9H13NO2. The van der Waals surface area contributed by atoms with E-state index in [1.165, 1.54) is 0 Å². The molecule has 0 aromatic heterocycles. The summed E-state index contributed by atoms with van der Waals surface area (Å²) in [6.45, 7) is 2.86. The van der Waals surface area contributed by atoms with E-state index in [-0.39, 0.29) is 12.5 Å². The molecule has 1 rings (SSSR count). The molecule has 1 N–H and O–H groups in total. The molecule has 0 saturated carbocycles. The van der Waals surface area contributed by atoms with Crippen molar-refractivity contribution in [2.75, 3.05) is 6.54 Å². The van der Waals surface area contributed by atoms with Gasteiger partial charge >= 0.3 is 5.97 Å². The summed E-state index contributed by atoms with van der Waals surface area (Å²) in [5, 5.41) is 8.59. The van der Waals surface area contributed by atoms with Gasteiger partial charge in [-0.15, -0.1) is 0 Å². The van der Waals surface area contributed by atoms with Gasteiger partial charge in [0.25, 0.3) is 0 Å². The van der Waals surface area contributed by atoms with E-state index in [1.807, 2.05) is 36.3 Å². The van der Waals surface area contributed by atoms with Gasteiger partial charge in [0.15, 0.2) is 0 Å². The predicted octanol–water partition coefficient (Wildman–Crippen LogP) is 1.24. The predicted molar refractivity (Wildman–Crippen MR) is 46.7 cm³/mol. The average molecular weight is 167 g/mol. The highest BCUT2D eigenvalue weighted by molar-refractivity contribution is 5.68. The quantitative estimate of drug-likeness (QED) is 0.687. The third-order valence-corrected chi connectivity index (χ3v) is 1.90. The first-order valence-electron chi connectivity index (χ1n) is 4.06. The molecule has 0 aromatic carbocycles. The molecule has 1 atom stereocenters. The number of nitrogens with zero attached hydrogens (tertiary/aromatic N) is 1. The van der Waals surface area contributed by atoms with E-state index in [1.54, 1.807) is 0 Å². The number of hydrogen-bond donors (Lipinski definition) is 1. The van der Waals surface area contributed by atoms with Crippen molar-refractivity contribution in [1.82, 2.24) is 4.90 Å². The first-order chi connectivity index (χ1) is 5.74. The zero-order valence-corrected chi connectivity index (χ0v) is 7.10. The summed E-state index contributed by atoms with van der Waals surface area (Å²) in [7, 11) is 0. The van der Waals surface area contributed by atoms with Crippen molar-refractivity contribution >= 4 is 5.97 Å². The third-order valence-electron chi connectivity index (χ3n) is 1.90. The number of rotatable bonds is 3. The van der Waals surface area contributed by atoms with Crippen LogP contribution in [0.15, 0.2) is 24.4 Å². The van der Waals surface area contributed by atoms with Gasteiger partial charge in [0.1, 0.15) is 0 Å². The second kappa shape index (κ2) is 3.95. The molecule has 1 aliphatic rings. The largest absolute Gasteiger partial charge is 0.481 e. The van der Waals surface area contributed by atoms with Gasteiger partial charge in [-0.1, -0.05) is 12.2 Å². The van der Waals surface area contributed by atoms with Crippen molar-refractivity contribution in [2.24, 2.45) is 0 Å². The van der Waals surface area contributed by atoms with Gasteiger partial charge in [0.05, 0.1) is 12.5 Å². The number of carbonyl (C=O) groups is 1. The summed E-state index contributed by atoms with van der Waals surface area (Å²) >= 11 is 0. The van der Waals surface area contributed by atoms with Gasteiger partial charge in [-0.25, -0.2) is 0 Å². The van der Waals surface area contributed by atoms with Crippen LogP contribution in [0.5, 0.6) is 0 Å². The molecule has 0 aromatic rings. The Hall–Kier alpha value is -1.25. The molecule has 3 heteroatoms. The lowest BCUT2D eigenvalue weighted by Crippen LogP contribution is -2.32. The van der Waals surface area contributed by atoms with Crippen LogP contribution in [-0.2, 0) is 4.79 Å². The van der Waals surface area contributed by atoms with E-state index in [0.29, 0.717) is 0 Å². The molecule has 0 aliphatic carbocycles.